The molecular weight excluding hydrogens is 476 g/mol. The maximum atomic E-state index is 13.9. The van der Waals surface area contributed by atoms with E-state index in [0.29, 0.717) is 27.3 Å². The zero-order valence-electron chi connectivity index (χ0n) is 18.9. The van der Waals surface area contributed by atoms with Crippen molar-refractivity contribution in [3.8, 4) is 35.3 Å². The summed E-state index contributed by atoms with van der Waals surface area (Å²) < 4.78 is 51.8. The smallest absolute Gasteiger partial charge is 0.300 e. The Morgan fingerprint density at radius 2 is 0.917 bits per heavy atom. The van der Waals surface area contributed by atoms with Gasteiger partial charge in [0.25, 0.3) is 0 Å². The summed E-state index contributed by atoms with van der Waals surface area (Å²) in [5.74, 6) is 14.0. The van der Waals surface area contributed by atoms with Crippen LogP contribution in [0.25, 0.3) is 0 Å². The highest BCUT2D eigenvalue weighted by molar-refractivity contribution is 7.83. The first kappa shape index (κ1) is 24.7. The minimum absolute atomic E-state index is 0.448. The van der Waals surface area contributed by atoms with E-state index in [9.17, 15) is 17.7 Å². The summed E-state index contributed by atoms with van der Waals surface area (Å²) in [7, 11) is -3.13. The van der Waals surface area contributed by atoms with Gasteiger partial charge < -0.3 is 0 Å². The molecule has 0 saturated heterocycles. The van der Waals surface area contributed by atoms with Gasteiger partial charge in [-0.3, -0.25) is 4.57 Å². The van der Waals surface area contributed by atoms with Gasteiger partial charge in [0, 0.05) is 27.3 Å². The molecule has 0 unspecified atom stereocenters. The van der Waals surface area contributed by atoms with Gasteiger partial charge in [0.05, 0.1) is 5.56 Å². The first-order valence-corrected chi connectivity index (χ1v) is 12.6. The van der Waals surface area contributed by atoms with Gasteiger partial charge in [-0.1, -0.05) is 78.4 Å². The predicted octanol–water partition coefficient (Wildman–Crippen LogP) is 6.43. The molecule has 0 aromatic heterocycles. The third kappa shape index (κ3) is 6.17. The van der Waals surface area contributed by atoms with Crippen molar-refractivity contribution in [2.45, 2.75) is 6.18 Å². The van der Waals surface area contributed by atoms with E-state index in [2.05, 4.69) is 35.3 Å². The Hall–Kier alpha value is -4.42. The first-order valence-electron chi connectivity index (χ1n) is 10.9. The number of alkyl halides is 3. The molecule has 1 nitrogen and oxygen atoms in total. The molecule has 0 spiro atoms. The molecule has 4 aromatic rings. The lowest BCUT2D eigenvalue weighted by molar-refractivity contribution is -0.137. The van der Waals surface area contributed by atoms with Crippen LogP contribution in [0.2, 0.25) is 0 Å². The van der Waals surface area contributed by atoms with Crippen LogP contribution in [0.15, 0.2) is 109 Å². The first-order chi connectivity index (χ1) is 17.3. The van der Waals surface area contributed by atoms with Crippen LogP contribution in [-0.4, -0.2) is 0 Å². The molecule has 0 N–H and O–H groups in total. The summed E-state index contributed by atoms with van der Waals surface area (Å²) in [6.45, 7) is 0. The fraction of sp³-hybridized carbons (Fsp3) is 0.0323. The summed E-state index contributed by atoms with van der Waals surface area (Å²) in [5.41, 5.74) is 4.16. The fourth-order valence-corrected chi connectivity index (χ4v) is 5.31. The van der Waals surface area contributed by atoms with Crippen LogP contribution < -0.4 is 10.6 Å². The van der Waals surface area contributed by atoms with Crippen LogP contribution in [0.4, 0.5) is 13.2 Å². The van der Waals surface area contributed by atoms with Gasteiger partial charge in [-0.05, 0) is 66.0 Å². The van der Waals surface area contributed by atoms with E-state index in [0.717, 1.165) is 12.1 Å². The van der Waals surface area contributed by atoms with Crippen LogP contribution in [0.1, 0.15) is 22.3 Å². The molecule has 0 heterocycles. The molecule has 4 aromatic carbocycles. The summed E-state index contributed by atoms with van der Waals surface area (Å²) in [6, 6.07) is 30.2. The fourth-order valence-electron chi connectivity index (χ4n) is 3.28. The Kier molecular flexibility index (Phi) is 7.47. The molecule has 5 heteroatoms. The highest BCUT2D eigenvalue weighted by Crippen LogP contribution is 2.42. The lowest BCUT2D eigenvalue weighted by atomic mass is 10.1. The average molecular weight is 494 g/mol. The molecule has 0 saturated carbocycles. The molecule has 0 amide bonds. The molecule has 4 rings (SSSR count). The normalized spacial score (nSPS) is 10.6. The van der Waals surface area contributed by atoms with Gasteiger partial charge in [-0.25, -0.2) is 0 Å². The summed E-state index contributed by atoms with van der Waals surface area (Å²) in [4.78, 5) is 0. The summed E-state index contributed by atoms with van der Waals surface area (Å²) >= 11 is 0. The van der Waals surface area contributed by atoms with Gasteiger partial charge in [0.15, 0.2) is 0 Å². The van der Waals surface area contributed by atoms with Gasteiger partial charge in [-0.15, -0.1) is 0 Å². The number of halogens is 3. The van der Waals surface area contributed by atoms with E-state index >= 15 is 0 Å². The Labute approximate surface area is 208 Å². The summed E-state index contributed by atoms with van der Waals surface area (Å²) in [6.07, 6.45) is -4.37. The number of rotatable bonds is 2. The van der Waals surface area contributed by atoms with Crippen molar-refractivity contribution in [2.24, 2.45) is 0 Å². The molecule has 0 radical (unpaired) electrons. The zero-order chi connectivity index (χ0) is 25.4. The second kappa shape index (κ2) is 10.9. The number of benzene rings is 4. The molecule has 0 bridgehead atoms. The Balaban J connectivity index is 1.51. The van der Waals surface area contributed by atoms with Gasteiger partial charge in [0.1, 0.15) is 0 Å². The van der Waals surface area contributed by atoms with E-state index in [4.69, 9.17) is 0 Å². The minimum atomic E-state index is -4.37. The molecule has 0 atom stereocenters. The van der Waals surface area contributed by atoms with Crippen molar-refractivity contribution in [3.05, 3.63) is 131 Å². The number of hydrogen-bond donors (Lipinski definition) is 0. The molecule has 0 aliphatic rings. The zero-order valence-corrected chi connectivity index (χ0v) is 19.8. The Bertz CT molecular complexity index is 1530. The van der Waals surface area contributed by atoms with Crippen LogP contribution in [-0.2, 0) is 10.7 Å². The van der Waals surface area contributed by atoms with Crippen molar-refractivity contribution in [2.75, 3.05) is 0 Å². The van der Waals surface area contributed by atoms with E-state index in [-0.39, 0.29) is 0 Å². The highest BCUT2D eigenvalue weighted by Gasteiger charge is 2.29. The molecule has 36 heavy (non-hydrogen) atoms. The van der Waals surface area contributed by atoms with Crippen molar-refractivity contribution >= 4 is 17.8 Å². The molecule has 0 aliphatic carbocycles. The standard InChI is InChI=1S/C31H18F3OP/c32-31(33,34)28-21-19-26(20-22-28)10-8-7-9-25-15-17-27(18-16-25)23-24-36(35,29-11-3-1-4-12-29)30-13-5-2-6-14-30/h1-6,11-22H. The van der Waals surface area contributed by atoms with Gasteiger partial charge in [-0.2, -0.15) is 13.2 Å². The predicted molar refractivity (Wildman–Crippen MR) is 138 cm³/mol. The van der Waals surface area contributed by atoms with Crippen LogP contribution in [0, 0.1) is 35.3 Å². The maximum Gasteiger partial charge on any atom is 0.416 e. The van der Waals surface area contributed by atoms with E-state index < -0.39 is 18.9 Å². The topological polar surface area (TPSA) is 17.1 Å². The second-order valence-electron chi connectivity index (χ2n) is 7.67. The van der Waals surface area contributed by atoms with Gasteiger partial charge in [0.2, 0.25) is 7.14 Å². The number of hydrogen-bond acceptors (Lipinski definition) is 1. The summed E-state index contributed by atoms with van der Waals surface area (Å²) in [5, 5.41) is 1.36. The van der Waals surface area contributed by atoms with Crippen LogP contribution in [0.5, 0.6) is 0 Å². The van der Waals surface area contributed by atoms with Crippen molar-refractivity contribution in [3.63, 3.8) is 0 Å². The second-order valence-corrected chi connectivity index (χ2v) is 10.1. The third-order valence-electron chi connectivity index (χ3n) is 5.17. The third-order valence-corrected chi connectivity index (χ3v) is 7.65. The van der Waals surface area contributed by atoms with E-state index in [1.165, 1.54) is 12.1 Å². The maximum absolute atomic E-state index is 13.9. The largest absolute Gasteiger partial charge is 0.416 e. The molecule has 174 valence electrons. The quantitative estimate of drug-likeness (QED) is 0.232. The van der Waals surface area contributed by atoms with Gasteiger partial charge >= 0.3 is 6.18 Å². The molecule has 0 fully saturated rings. The van der Waals surface area contributed by atoms with E-state index in [1.54, 1.807) is 24.3 Å². The average Bonchev–Trinajstić information content (AvgIpc) is 2.91. The van der Waals surface area contributed by atoms with Crippen LogP contribution >= 0.6 is 7.14 Å². The van der Waals surface area contributed by atoms with E-state index in [1.807, 2.05) is 60.7 Å². The lowest BCUT2D eigenvalue weighted by Gasteiger charge is -2.12. The minimum Gasteiger partial charge on any atom is -0.300 e. The van der Waals surface area contributed by atoms with Crippen molar-refractivity contribution in [1.29, 1.82) is 0 Å². The highest BCUT2D eigenvalue weighted by atomic mass is 31.2. The molecular formula is C31H18F3OP. The molecule has 0 aliphatic heterocycles. The monoisotopic (exact) mass is 494 g/mol. The van der Waals surface area contributed by atoms with Crippen molar-refractivity contribution < 1.29 is 17.7 Å². The lowest BCUT2D eigenvalue weighted by Crippen LogP contribution is -2.14. The van der Waals surface area contributed by atoms with Crippen LogP contribution in [0.3, 0.4) is 0 Å². The SMILES string of the molecule is O=P(C#Cc1ccc(C#CC#Cc2ccc(C(F)(F)F)cc2)cc1)(c1ccccc1)c1ccccc1. The Morgan fingerprint density at radius 3 is 1.33 bits per heavy atom. The van der Waals surface area contributed by atoms with Crippen molar-refractivity contribution in [1.82, 2.24) is 0 Å². The Morgan fingerprint density at radius 1 is 0.528 bits per heavy atom.